The SMILES string of the molecule is Cc1ccc(N=CC(=NN)c2cc3cc(F)c(F)cc3[nH]c2=O)cc1. The third-order valence-electron chi connectivity index (χ3n) is 3.67. The Bertz CT molecular complexity index is 1050. The average molecular weight is 340 g/mol. The van der Waals surface area contributed by atoms with Crippen LogP contribution in [-0.2, 0) is 0 Å². The number of aromatic nitrogens is 1. The minimum Gasteiger partial charge on any atom is -0.323 e. The van der Waals surface area contributed by atoms with Crippen molar-refractivity contribution in [2.24, 2.45) is 15.9 Å². The Morgan fingerprint density at radius 3 is 2.48 bits per heavy atom. The maximum Gasteiger partial charge on any atom is 0.258 e. The van der Waals surface area contributed by atoms with Crippen LogP contribution in [0.2, 0.25) is 0 Å². The first kappa shape index (κ1) is 16.5. The van der Waals surface area contributed by atoms with Crippen molar-refractivity contribution in [3.63, 3.8) is 0 Å². The van der Waals surface area contributed by atoms with Gasteiger partial charge in [0.25, 0.3) is 5.56 Å². The molecule has 0 unspecified atom stereocenters. The number of aromatic amines is 1. The number of aliphatic imine (C=N–C) groups is 1. The maximum absolute atomic E-state index is 13.4. The first-order valence-electron chi connectivity index (χ1n) is 7.39. The standard InChI is InChI=1S/C18H14F2N4O/c1-10-2-4-12(5-3-10)22-9-17(24-21)13-6-11-7-14(19)15(20)8-16(11)23-18(13)25/h2-9H,21H2,1H3,(H,23,25). The Kier molecular flexibility index (Phi) is 4.38. The van der Waals surface area contributed by atoms with Gasteiger partial charge in [0.1, 0.15) is 5.71 Å². The van der Waals surface area contributed by atoms with Crippen LogP contribution in [0.1, 0.15) is 11.1 Å². The molecule has 0 amide bonds. The van der Waals surface area contributed by atoms with Gasteiger partial charge >= 0.3 is 0 Å². The average Bonchev–Trinajstić information content (AvgIpc) is 2.59. The summed E-state index contributed by atoms with van der Waals surface area (Å²) in [5, 5.41) is 3.90. The molecule has 2 aromatic carbocycles. The zero-order valence-corrected chi connectivity index (χ0v) is 13.3. The predicted octanol–water partition coefficient (Wildman–Crippen LogP) is 3.18. The summed E-state index contributed by atoms with van der Waals surface area (Å²) in [7, 11) is 0. The Hall–Kier alpha value is -3.35. The van der Waals surface area contributed by atoms with Crippen molar-refractivity contribution in [3.8, 4) is 0 Å². The van der Waals surface area contributed by atoms with Gasteiger partial charge in [0, 0.05) is 11.5 Å². The number of fused-ring (bicyclic) bond motifs is 1. The summed E-state index contributed by atoms with van der Waals surface area (Å²) >= 11 is 0. The van der Waals surface area contributed by atoms with Gasteiger partial charge in [0.15, 0.2) is 11.6 Å². The van der Waals surface area contributed by atoms with Gasteiger partial charge in [-0.15, -0.1) is 0 Å². The molecular formula is C18H14F2N4O. The molecule has 126 valence electrons. The topological polar surface area (TPSA) is 83.6 Å². The highest BCUT2D eigenvalue weighted by Gasteiger charge is 2.11. The van der Waals surface area contributed by atoms with Crippen LogP contribution in [0.25, 0.3) is 10.9 Å². The Labute approximate surface area is 141 Å². The largest absolute Gasteiger partial charge is 0.323 e. The van der Waals surface area contributed by atoms with Crippen molar-refractivity contribution in [1.82, 2.24) is 4.98 Å². The number of rotatable bonds is 3. The van der Waals surface area contributed by atoms with E-state index in [4.69, 9.17) is 5.84 Å². The molecular weight excluding hydrogens is 326 g/mol. The van der Waals surface area contributed by atoms with Gasteiger partial charge in [-0.1, -0.05) is 17.7 Å². The molecule has 0 spiro atoms. The molecule has 0 bridgehead atoms. The summed E-state index contributed by atoms with van der Waals surface area (Å²) in [4.78, 5) is 18.9. The van der Waals surface area contributed by atoms with Gasteiger partial charge in [-0.25, -0.2) is 8.78 Å². The van der Waals surface area contributed by atoms with Gasteiger partial charge in [0.05, 0.1) is 23.0 Å². The zero-order valence-electron chi connectivity index (χ0n) is 13.3. The molecule has 25 heavy (non-hydrogen) atoms. The highest BCUT2D eigenvalue weighted by molar-refractivity contribution is 6.38. The van der Waals surface area contributed by atoms with E-state index in [1.807, 2.05) is 31.2 Å². The number of halogens is 2. The van der Waals surface area contributed by atoms with Crippen LogP contribution in [0.15, 0.2) is 57.4 Å². The van der Waals surface area contributed by atoms with Crippen LogP contribution in [0.5, 0.6) is 0 Å². The first-order chi connectivity index (χ1) is 12.0. The normalized spacial score (nSPS) is 12.2. The minimum absolute atomic E-state index is 0.108. The van der Waals surface area contributed by atoms with Crippen LogP contribution < -0.4 is 11.4 Å². The molecule has 0 radical (unpaired) electrons. The van der Waals surface area contributed by atoms with Crippen molar-refractivity contribution in [3.05, 3.63) is 75.6 Å². The molecule has 0 fully saturated rings. The Morgan fingerprint density at radius 1 is 1.12 bits per heavy atom. The highest BCUT2D eigenvalue weighted by atomic mass is 19.2. The van der Waals surface area contributed by atoms with Crippen molar-refractivity contribution in [1.29, 1.82) is 0 Å². The van der Waals surface area contributed by atoms with Gasteiger partial charge in [-0.05, 0) is 31.2 Å². The fourth-order valence-corrected chi connectivity index (χ4v) is 2.33. The fourth-order valence-electron chi connectivity index (χ4n) is 2.33. The number of nitrogens with zero attached hydrogens (tertiary/aromatic N) is 2. The molecule has 1 aromatic heterocycles. The monoisotopic (exact) mass is 340 g/mol. The molecule has 3 rings (SSSR count). The second kappa shape index (κ2) is 6.64. The summed E-state index contributed by atoms with van der Waals surface area (Å²) in [6.07, 6.45) is 1.35. The number of nitrogens with two attached hydrogens (primary N) is 1. The lowest BCUT2D eigenvalue weighted by Crippen LogP contribution is -2.20. The zero-order chi connectivity index (χ0) is 18.0. The lowest BCUT2D eigenvalue weighted by atomic mass is 10.1. The van der Waals surface area contributed by atoms with Gasteiger partial charge in [-0.3, -0.25) is 9.79 Å². The first-order valence-corrected chi connectivity index (χ1v) is 7.39. The van der Waals surface area contributed by atoms with Crippen molar-refractivity contribution < 1.29 is 8.78 Å². The Morgan fingerprint density at radius 2 is 1.80 bits per heavy atom. The van der Waals surface area contributed by atoms with E-state index in [2.05, 4.69) is 15.1 Å². The number of hydrogen-bond acceptors (Lipinski definition) is 4. The number of H-pyrrole nitrogens is 1. The van der Waals surface area contributed by atoms with Crippen molar-refractivity contribution in [2.45, 2.75) is 6.92 Å². The maximum atomic E-state index is 13.4. The molecule has 3 aromatic rings. The molecule has 0 aliphatic heterocycles. The highest BCUT2D eigenvalue weighted by Crippen LogP contribution is 2.17. The van der Waals surface area contributed by atoms with Crippen LogP contribution in [0.4, 0.5) is 14.5 Å². The number of nitrogens with one attached hydrogen (secondary N) is 1. The van der Waals surface area contributed by atoms with Crippen LogP contribution >= 0.6 is 0 Å². The smallest absolute Gasteiger partial charge is 0.258 e. The fraction of sp³-hybridized carbons (Fsp3) is 0.0556. The number of hydrazone groups is 1. The number of hydrogen-bond donors (Lipinski definition) is 2. The summed E-state index contributed by atoms with van der Waals surface area (Å²) < 4.78 is 26.7. The second-order valence-electron chi connectivity index (χ2n) is 5.47. The van der Waals surface area contributed by atoms with Crippen LogP contribution in [0, 0.1) is 18.6 Å². The molecule has 3 N–H and O–H groups in total. The summed E-state index contributed by atoms with van der Waals surface area (Å²) in [5.41, 5.74) is 1.63. The summed E-state index contributed by atoms with van der Waals surface area (Å²) in [6, 6.07) is 10.7. The lowest BCUT2D eigenvalue weighted by molar-refractivity contribution is 0.510. The van der Waals surface area contributed by atoms with E-state index in [1.165, 1.54) is 12.3 Å². The van der Waals surface area contributed by atoms with E-state index in [-0.39, 0.29) is 16.8 Å². The molecule has 1 heterocycles. The van der Waals surface area contributed by atoms with E-state index in [0.717, 1.165) is 17.7 Å². The molecule has 0 atom stereocenters. The quantitative estimate of drug-likeness (QED) is 0.436. The molecule has 0 aliphatic carbocycles. The molecule has 5 nitrogen and oxygen atoms in total. The predicted molar refractivity (Wildman–Crippen MR) is 94.5 cm³/mol. The van der Waals surface area contributed by atoms with Gasteiger partial charge < -0.3 is 10.8 Å². The number of aryl methyl sites for hydroxylation is 1. The van der Waals surface area contributed by atoms with Crippen molar-refractivity contribution >= 4 is 28.5 Å². The minimum atomic E-state index is -1.04. The third-order valence-corrected chi connectivity index (χ3v) is 3.67. The van der Waals surface area contributed by atoms with Gasteiger partial charge in [0.2, 0.25) is 0 Å². The van der Waals surface area contributed by atoms with Crippen LogP contribution in [-0.4, -0.2) is 16.9 Å². The van der Waals surface area contributed by atoms with E-state index < -0.39 is 17.2 Å². The van der Waals surface area contributed by atoms with E-state index in [9.17, 15) is 13.6 Å². The number of pyridine rings is 1. The van der Waals surface area contributed by atoms with Crippen molar-refractivity contribution in [2.75, 3.05) is 0 Å². The lowest BCUT2D eigenvalue weighted by Gasteiger charge is -2.04. The third kappa shape index (κ3) is 3.45. The second-order valence-corrected chi connectivity index (χ2v) is 5.47. The summed E-state index contributed by atoms with van der Waals surface area (Å²) in [5.74, 6) is 3.32. The summed E-state index contributed by atoms with van der Waals surface area (Å²) in [6.45, 7) is 1.96. The number of benzene rings is 2. The van der Waals surface area contributed by atoms with E-state index >= 15 is 0 Å². The van der Waals surface area contributed by atoms with E-state index in [1.54, 1.807) is 0 Å². The molecule has 0 saturated carbocycles. The molecule has 7 heteroatoms. The Balaban J connectivity index is 2.03. The van der Waals surface area contributed by atoms with Crippen LogP contribution in [0.3, 0.4) is 0 Å². The van der Waals surface area contributed by atoms with E-state index in [0.29, 0.717) is 11.1 Å². The molecule has 0 saturated heterocycles. The molecule has 0 aliphatic rings. The van der Waals surface area contributed by atoms with Gasteiger partial charge in [-0.2, -0.15) is 5.10 Å².